The summed E-state index contributed by atoms with van der Waals surface area (Å²) in [6, 6.07) is 27.3. The van der Waals surface area contributed by atoms with Crippen molar-refractivity contribution in [3.05, 3.63) is 114 Å². The average molecular weight is 476 g/mol. The Morgan fingerprint density at radius 2 is 1.53 bits per heavy atom. The number of benzene rings is 3. The van der Waals surface area contributed by atoms with Gasteiger partial charge in [0.1, 0.15) is 5.82 Å². The molecule has 180 valence electrons. The summed E-state index contributed by atoms with van der Waals surface area (Å²) in [5.41, 5.74) is 5.43. The average Bonchev–Trinajstić information content (AvgIpc) is 2.92. The van der Waals surface area contributed by atoms with E-state index < -0.39 is 0 Å². The summed E-state index contributed by atoms with van der Waals surface area (Å²) in [4.78, 5) is 21.8. The monoisotopic (exact) mass is 475 g/mol. The quantitative estimate of drug-likeness (QED) is 0.336. The molecule has 1 heterocycles. The van der Waals surface area contributed by atoms with Crippen LogP contribution in [-0.4, -0.2) is 29.0 Å². The first-order chi connectivity index (χ1) is 17.5. The van der Waals surface area contributed by atoms with Gasteiger partial charge in [0, 0.05) is 36.7 Å². The SMILES string of the molecule is Cc1ncc(-c2ccc(NC(=O)C(CNC[C@H](C)c3ccc(C#N)cc3)c3ccccc3)cc2)cn1. The Morgan fingerprint density at radius 3 is 2.17 bits per heavy atom. The molecule has 0 aliphatic heterocycles. The van der Waals surface area contributed by atoms with E-state index in [1.807, 2.05) is 85.8 Å². The van der Waals surface area contributed by atoms with Crippen molar-refractivity contribution in [3.8, 4) is 17.2 Å². The predicted molar refractivity (Wildman–Crippen MR) is 142 cm³/mol. The number of nitrogens with one attached hydrogen (secondary N) is 2. The van der Waals surface area contributed by atoms with Crippen molar-refractivity contribution in [1.82, 2.24) is 15.3 Å². The number of rotatable bonds is 9. The Labute approximate surface area is 212 Å². The number of hydrogen-bond donors (Lipinski definition) is 2. The molecule has 4 aromatic rings. The lowest BCUT2D eigenvalue weighted by molar-refractivity contribution is -0.117. The van der Waals surface area contributed by atoms with Gasteiger partial charge in [-0.2, -0.15) is 5.26 Å². The second-order valence-electron chi connectivity index (χ2n) is 8.84. The molecule has 0 aliphatic carbocycles. The maximum atomic E-state index is 13.3. The normalized spacial score (nSPS) is 12.4. The summed E-state index contributed by atoms with van der Waals surface area (Å²) in [5.74, 6) is 0.570. The Morgan fingerprint density at radius 1 is 0.861 bits per heavy atom. The zero-order valence-corrected chi connectivity index (χ0v) is 20.5. The molecule has 0 bridgehead atoms. The standard InChI is InChI=1S/C30H29N5O/c1-21(24-10-8-23(16-31)9-11-24)17-32-20-29(26-6-4-3-5-7-26)30(36)35-28-14-12-25(13-15-28)27-18-33-22(2)34-19-27/h3-15,18-19,21,29,32H,17,20H2,1-2H3,(H,35,36)/t21-,29?/m0/s1. The van der Waals surface area contributed by atoms with Gasteiger partial charge < -0.3 is 10.6 Å². The highest BCUT2D eigenvalue weighted by Crippen LogP contribution is 2.23. The van der Waals surface area contributed by atoms with Crippen molar-refractivity contribution >= 4 is 11.6 Å². The number of anilines is 1. The molecule has 4 rings (SSSR count). The van der Waals surface area contributed by atoms with Crippen LogP contribution in [0.3, 0.4) is 0 Å². The summed E-state index contributed by atoms with van der Waals surface area (Å²) < 4.78 is 0. The van der Waals surface area contributed by atoms with E-state index in [2.05, 4.69) is 33.6 Å². The van der Waals surface area contributed by atoms with Crippen LogP contribution < -0.4 is 10.6 Å². The molecule has 36 heavy (non-hydrogen) atoms. The summed E-state index contributed by atoms with van der Waals surface area (Å²) in [5, 5.41) is 15.5. The topological polar surface area (TPSA) is 90.7 Å². The molecule has 0 saturated heterocycles. The molecule has 0 saturated carbocycles. The van der Waals surface area contributed by atoms with E-state index in [-0.39, 0.29) is 17.7 Å². The van der Waals surface area contributed by atoms with Gasteiger partial charge in [0.2, 0.25) is 5.91 Å². The van der Waals surface area contributed by atoms with Crippen LogP contribution in [0.1, 0.15) is 41.3 Å². The number of aryl methyl sites for hydroxylation is 1. The van der Waals surface area contributed by atoms with E-state index in [4.69, 9.17) is 5.26 Å². The highest BCUT2D eigenvalue weighted by atomic mass is 16.1. The Balaban J connectivity index is 1.41. The van der Waals surface area contributed by atoms with Crippen LogP contribution in [-0.2, 0) is 4.79 Å². The first kappa shape index (κ1) is 24.8. The molecule has 1 amide bonds. The van der Waals surface area contributed by atoms with Crippen molar-refractivity contribution in [1.29, 1.82) is 5.26 Å². The molecule has 6 nitrogen and oxygen atoms in total. The first-order valence-corrected chi connectivity index (χ1v) is 12.0. The molecule has 1 aromatic heterocycles. The van der Waals surface area contributed by atoms with Gasteiger partial charge in [-0.1, -0.05) is 61.5 Å². The molecule has 1 unspecified atom stereocenters. The molecule has 2 N–H and O–H groups in total. The van der Waals surface area contributed by atoms with Gasteiger partial charge >= 0.3 is 0 Å². The Kier molecular flexibility index (Phi) is 8.17. The largest absolute Gasteiger partial charge is 0.326 e. The minimum absolute atomic E-state index is 0.0638. The second kappa shape index (κ2) is 11.9. The number of nitrogens with zero attached hydrogens (tertiary/aromatic N) is 3. The number of carbonyl (C=O) groups excluding carboxylic acids is 1. The summed E-state index contributed by atoms with van der Waals surface area (Å²) in [6.45, 7) is 5.21. The number of amides is 1. The highest BCUT2D eigenvalue weighted by molar-refractivity contribution is 5.96. The molecule has 0 radical (unpaired) electrons. The molecular weight excluding hydrogens is 446 g/mol. The first-order valence-electron chi connectivity index (χ1n) is 12.0. The summed E-state index contributed by atoms with van der Waals surface area (Å²) in [7, 11) is 0. The zero-order chi connectivity index (χ0) is 25.3. The van der Waals surface area contributed by atoms with Crippen molar-refractivity contribution in [2.75, 3.05) is 18.4 Å². The summed E-state index contributed by atoms with van der Waals surface area (Å²) >= 11 is 0. The Hall–Kier alpha value is -4.34. The minimum Gasteiger partial charge on any atom is -0.326 e. The molecule has 6 heteroatoms. The van der Waals surface area contributed by atoms with Crippen molar-refractivity contribution in [3.63, 3.8) is 0 Å². The van der Waals surface area contributed by atoms with Crippen LogP contribution in [0.25, 0.3) is 11.1 Å². The fourth-order valence-electron chi connectivity index (χ4n) is 4.01. The van der Waals surface area contributed by atoms with Crippen LogP contribution in [0.15, 0.2) is 91.3 Å². The van der Waals surface area contributed by atoms with Gasteiger partial charge in [0.15, 0.2) is 0 Å². The molecule has 3 aromatic carbocycles. The van der Waals surface area contributed by atoms with Crippen molar-refractivity contribution < 1.29 is 4.79 Å². The molecule has 0 spiro atoms. The van der Waals surface area contributed by atoms with E-state index in [0.29, 0.717) is 12.1 Å². The number of carbonyl (C=O) groups is 1. The Bertz CT molecular complexity index is 1310. The smallest absolute Gasteiger partial charge is 0.233 e. The van der Waals surface area contributed by atoms with Gasteiger partial charge in [0.25, 0.3) is 0 Å². The minimum atomic E-state index is -0.343. The third kappa shape index (κ3) is 6.41. The van der Waals surface area contributed by atoms with Crippen molar-refractivity contribution in [2.45, 2.75) is 25.7 Å². The van der Waals surface area contributed by atoms with E-state index in [9.17, 15) is 4.79 Å². The van der Waals surface area contributed by atoms with E-state index in [1.54, 1.807) is 12.4 Å². The lowest BCUT2D eigenvalue weighted by atomic mass is 9.96. The molecule has 0 fully saturated rings. The molecular formula is C30H29N5O. The van der Waals surface area contributed by atoms with E-state index in [0.717, 1.165) is 40.3 Å². The fraction of sp³-hybridized carbons (Fsp3) is 0.200. The van der Waals surface area contributed by atoms with Crippen LogP contribution in [0.4, 0.5) is 5.69 Å². The van der Waals surface area contributed by atoms with E-state index in [1.165, 1.54) is 0 Å². The van der Waals surface area contributed by atoms with Crippen LogP contribution in [0.5, 0.6) is 0 Å². The fourth-order valence-corrected chi connectivity index (χ4v) is 4.01. The van der Waals surface area contributed by atoms with Crippen LogP contribution in [0, 0.1) is 18.3 Å². The lowest BCUT2D eigenvalue weighted by Crippen LogP contribution is -2.32. The third-order valence-corrected chi connectivity index (χ3v) is 6.19. The number of nitriles is 1. The van der Waals surface area contributed by atoms with Gasteiger partial charge in [-0.25, -0.2) is 9.97 Å². The van der Waals surface area contributed by atoms with Crippen LogP contribution in [0.2, 0.25) is 0 Å². The number of aromatic nitrogens is 2. The molecule has 2 atom stereocenters. The highest BCUT2D eigenvalue weighted by Gasteiger charge is 2.21. The van der Waals surface area contributed by atoms with Gasteiger partial charge in [-0.05, 0) is 53.8 Å². The third-order valence-electron chi connectivity index (χ3n) is 6.19. The van der Waals surface area contributed by atoms with Gasteiger partial charge in [-0.15, -0.1) is 0 Å². The lowest BCUT2D eigenvalue weighted by Gasteiger charge is -2.20. The van der Waals surface area contributed by atoms with Gasteiger partial charge in [-0.3, -0.25) is 4.79 Å². The summed E-state index contributed by atoms with van der Waals surface area (Å²) in [6.07, 6.45) is 3.60. The molecule has 0 aliphatic rings. The van der Waals surface area contributed by atoms with Crippen LogP contribution >= 0.6 is 0 Å². The maximum Gasteiger partial charge on any atom is 0.233 e. The second-order valence-corrected chi connectivity index (χ2v) is 8.84. The zero-order valence-electron chi connectivity index (χ0n) is 20.5. The maximum absolute atomic E-state index is 13.3. The number of hydrogen-bond acceptors (Lipinski definition) is 5. The predicted octanol–water partition coefficient (Wildman–Crippen LogP) is 5.44. The van der Waals surface area contributed by atoms with E-state index >= 15 is 0 Å². The van der Waals surface area contributed by atoms with Gasteiger partial charge in [0.05, 0.1) is 17.6 Å². The van der Waals surface area contributed by atoms with Crippen molar-refractivity contribution in [2.24, 2.45) is 0 Å².